The van der Waals surface area contributed by atoms with Crippen molar-refractivity contribution in [3.63, 3.8) is 0 Å². The summed E-state index contributed by atoms with van der Waals surface area (Å²) >= 11 is 17.7. The van der Waals surface area contributed by atoms with Crippen molar-refractivity contribution >= 4 is 40.8 Å². The van der Waals surface area contributed by atoms with Crippen LogP contribution in [0, 0.1) is 0 Å². The molecule has 0 aliphatic heterocycles. The Hall–Kier alpha value is -1.30. The van der Waals surface area contributed by atoms with Gasteiger partial charge in [0.2, 0.25) is 11.2 Å². The van der Waals surface area contributed by atoms with Crippen LogP contribution in [0.4, 0.5) is 5.95 Å². The van der Waals surface area contributed by atoms with E-state index in [1.807, 2.05) is 6.07 Å². The average molecular weight is 334 g/mol. The molecule has 0 radical (unpaired) electrons. The number of anilines is 1. The van der Waals surface area contributed by atoms with E-state index in [0.717, 1.165) is 5.56 Å². The molecule has 8 heteroatoms. The largest absolute Gasteiger partial charge is 0.467 e. The highest BCUT2D eigenvalue weighted by Gasteiger charge is 2.05. The standard InChI is InChI=1S/C12H11Cl3N4O/c1-20-12-18-10(15)17-11(19-12)16-5-4-7-2-3-8(13)6-9(7)14/h2-3,6H,4-5H2,1H3,(H,16,17,18,19). The van der Waals surface area contributed by atoms with Gasteiger partial charge in [0, 0.05) is 16.6 Å². The van der Waals surface area contributed by atoms with Crippen molar-refractivity contribution in [3.8, 4) is 6.01 Å². The summed E-state index contributed by atoms with van der Waals surface area (Å²) in [7, 11) is 1.46. The lowest BCUT2D eigenvalue weighted by Gasteiger charge is -2.07. The Bertz CT molecular complexity index is 609. The van der Waals surface area contributed by atoms with Crippen molar-refractivity contribution in [3.05, 3.63) is 39.1 Å². The summed E-state index contributed by atoms with van der Waals surface area (Å²) in [5, 5.41) is 4.35. The highest BCUT2D eigenvalue weighted by molar-refractivity contribution is 6.35. The molecular formula is C12H11Cl3N4O. The number of nitrogens with zero attached hydrogens (tertiary/aromatic N) is 3. The Balaban J connectivity index is 1.97. The van der Waals surface area contributed by atoms with Gasteiger partial charge in [-0.05, 0) is 35.7 Å². The van der Waals surface area contributed by atoms with Crippen LogP contribution in [-0.4, -0.2) is 28.6 Å². The van der Waals surface area contributed by atoms with E-state index >= 15 is 0 Å². The van der Waals surface area contributed by atoms with Gasteiger partial charge in [-0.15, -0.1) is 0 Å². The highest BCUT2D eigenvalue weighted by atomic mass is 35.5. The quantitative estimate of drug-likeness (QED) is 0.907. The molecule has 0 bridgehead atoms. The molecule has 20 heavy (non-hydrogen) atoms. The fraction of sp³-hybridized carbons (Fsp3) is 0.250. The number of methoxy groups -OCH3 is 1. The third kappa shape index (κ3) is 4.10. The molecular weight excluding hydrogens is 323 g/mol. The molecule has 1 heterocycles. The second-order valence-electron chi connectivity index (χ2n) is 3.83. The Labute approximate surface area is 131 Å². The van der Waals surface area contributed by atoms with E-state index < -0.39 is 0 Å². The third-order valence-corrected chi connectivity index (χ3v) is 3.22. The second kappa shape index (κ2) is 6.92. The minimum Gasteiger partial charge on any atom is -0.467 e. The first-order valence-corrected chi connectivity index (χ1v) is 6.85. The molecule has 5 nitrogen and oxygen atoms in total. The minimum atomic E-state index is 0.0730. The first-order chi connectivity index (χ1) is 9.58. The van der Waals surface area contributed by atoms with E-state index in [2.05, 4.69) is 20.3 Å². The maximum Gasteiger partial charge on any atom is 0.322 e. The van der Waals surface area contributed by atoms with E-state index in [1.54, 1.807) is 12.1 Å². The maximum absolute atomic E-state index is 6.09. The van der Waals surface area contributed by atoms with Crippen molar-refractivity contribution in [1.29, 1.82) is 0 Å². The van der Waals surface area contributed by atoms with E-state index in [1.165, 1.54) is 7.11 Å². The molecule has 0 amide bonds. The number of hydrogen-bond donors (Lipinski definition) is 1. The second-order valence-corrected chi connectivity index (χ2v) is 5.01. The van der Waals surface area contributed by atoms with Crippen LogP contribution in [0.15, 0.2) is 18.2 Å². The smallest absolute Gasteiger partial charge is 0.322 e. The molecule has 1 N–H and O–H groups in total. The van der Waals surface area contributed by atoms with Crippen LogP contribution >= 0.6 is 34.8 Å². The number of halogens is 3. The van der Waals surface area contributed by atoms with Gasteiger partial charge < -0.3 is 10.1 Å². The first kappa shape index (κ1) is 15.1. The molecule has 106 valence electrons. The van der Waals surface area contributed by atoms with Gasteiger partial charge in [-0.1, -0.05) is 29.3 Å². The number of aromatic nitrogens is 3. The van der Waals surface area contributed by atoms with Gasteiger partial charge in [-0.25, -0.2) is 0 Å². The number of hydrogen-bond acceptors (Lipinski definition) is 5. The predicted molar refractivity (Wildman–Crippen MR) is 80.0 cm³/mol. The van der Waals surface area contributed by atoms with Crippen LogP contribution < -0.4 is 10.1 Å². The van der Waals surface area contributed by atoms with Crippen LogP contribution in [0.5, 0.6) is 6.01 Å². The molecule has 0 atom stereocenters. The fourth-order valence-electron chi connectivity index (χ4n) is 1.54. The fourth-order valence-corrected chi connectivity index (χ4v) is 2.19. The van der Waals surface area contributed by atoms with Gasteiger partial charge in [0.1, 0.15) is 0 Å². The number of ether oxygens (including phenoxy) is 1. The summed E-state index contributed by atoms with van der Waals surface area (Å²) in [4.78, 5) is 11.8. The zero-order chi connectivity index (χ0) is 14.5. The molecule has 0 fully saturated rings. The lowest BCUT2D eigenvalue weighted by molar-refractivity contribution is 0.379. The summed E-state index contributed by atoms with van der Waals surface area (Å²) in [6.45, 7) is 0.588. The molecule has 0 saturated heterocycles. The van der Waals surface area contributed by atoms with Crippen LogP contribution in [0.1, 0.15) is 5.56 Å². The van der Waals surface area contributed by atoms with Crippen LogP contribution in [0.25, 0.3) is 0 Å². The summed E-state index contributed by atoms with van der Waals surface area (Å²) < 4.78 is 4.91. The highest BCUT2D eigenvalue weighted by Crippen LogP contribution is 2.21. The van der Waals surface area contributed by atoms with E-state index in [9.17, 15) is 0 Å². The zero-order valence-corrected chi connectivity index (χ0v) is 12.8. The monoisotopic (exact) mass is 332 g/mol. The van der Waals surface area contributed by atoms with Gasteiger partial charge in [-0.2, -0.15) is 15.0 Å². The van der Waals surface area contributed by atoms with Crippen molar-refractivity contribution in [2.24, 2.45) is 0 Å². The molecule has 2 rings (SSSR count). The number of benzene rings is 1. The van der Waals surface area contributed by atoms with Gasteiger partial charge in [-0.3, -0.25) is 0 Å². The van der Waals surface area contributed by atoms with Crippen molar-refractivity contribution in [1.82, 2.24) is 15.0 Å². The predicted octanol–water partition coefficient (Wildman–Crippen LogP) is 3.50. The van der Waals surface area contributed by atoms with Crippen molar-refractivity contribution in [2.75, 3.05) is 19.0 Å². The van der Waals surface area contributed by atoms with Crippen LogP contribution in [0.3, 0.4) is 0 Å². The summed E-state index contributed by atoms with van der Waals surface area (Å²) in [6.07, 6.45) is 0.696. The summed E-state index contributed by atoms with van der Waals surface area (Å²) in [5.74, 6) is 0.354. The van der Waals surface area contributed by atoms with Crippen LogP contribution in [0.2, 0.25) is 15.3 Å². The first-order valence-electron chi connectivity index (χ1n) is 5.72. The Morgan fingerprint density at radius 1 is 1.15 bits per heavy atom. The maximum atomic E-state index is 6.09. The van der Waals surface area contributed by atoms with Gasteiger partial charge in [0.25, 0.3) is 0 Å². The molecule has 0 spiro atoms. The lowest BCUT2D eigenvalue weighted by Crippen LogP contribution is -2.09. The molecule has 0 saturated carbocycles. The minimum absolute atomic E-state index is 0.0730. The van der Waals surface area contributed by atoms with Gasteiger partial charge in [0.15, 0.2) is 0 Å². The SMILES string of the molecule is COc1nc(Cl)nc(NCCc2ccc(Cl)cc2Cl)n1. The number of nitrogens with one attached hydrogen (secondary N) is 1. The van der Waals surface area contributed by atoms with Crippen molar-refractivity contribution in [2.45, 2.75) is 6.42 Å². The Morgan fingerprint density at radius 2 is 1.95 bits per heavy atom. The number of rotatable bonds is 5. The summed E-state index contributed by atoms with van der Waals surface area (Å²) in [5.41, 5.74) is 0.982. The molecule has 1 aromatic heterocycles. The normalized spacial score (nSPS) is 10.4. The Morgan fingerprint density at radius 3 is 2.65 bits per heavy atom. The molecule has 0 aliphatic carbocycles. The topological polar surface area (TPSA) is 59.9 Å². The molecule has 0 unspecified atom stereocenters. The Kier molecular flexibility index (Phi) is 5.23. The van der Waals surface area contributed by atoms with Crippen LogP contribution in [-0.2, 0) is 6.42 Å². The zero-order valence-electron chi connectivity index (χ0n) is 10.5. The van der Waals surface area contributed by atoms with E-state index in [0.29, 0.717) is 29.0 Å². The molecule has 0 aliphatic rings. The van der Waals surface area contributed by atoms with Gasteiger partial charge in [0.05, 0.1) is 7.11 Å². The molecule has 2 aromatic rings. The molecule has 1 aromatic carbocycles. The van der Waals surface area contributed by atoms with E-state index in [-0.39, 0.29) is 11.3 Å². The third-order valence-electron chi connectivity index (χ3n) is 2.46. The summed E-state index contributed by atoms with van der Waals surface area (Å²) in [6, 6.07) is 5.55. The van der Waals surface area contributed by atoms with Crippen molar-refractivity contribution < 1.29 is 4.74 Å². The van der Waals surface area contributed by atoms with Gasteiger partial charge >= 0.3 is 6.01 Å². The lowest BCUT2D eigenvalue weighted by atomic mass is 10.1. The van der Waals surface area contributed by atoms with E-state index in [4.69, 9.17) is 39.5 Å². The average Bonchev–Trinajstić information content (AvgIpc) is 2.40.